The largest absolute Gasteiger partial charge is 0.465 e. The maximum absolute atomic E-state index is 11.6. The summed E-state index contributed by atoms with van der Waals surface area (Å²) in [6.45, 7) is 4.26. The lowest BCUT2D eigenvalue weighted by atomic mass is 10.1. The summed E-state index contributed by atoms with van der Waals surface area (Å²) in [6.07, 6.45) is 3.55. The number of rotatable bonds is 5. The maximum atomic E-state index is 11.6. The molecular weight excluding hydrogens is 292 g/mol. The lowest BCUT2D eigenvalue weighted by molar-refractivity contribution is -0.140. The van der Waals surface area contributed by atoms with E-state index in [0.717, 1.165) is 17.1 Å². The van der Waals surface area contributed by atoms with Crippen LogP contribution in [0.2, 0.25) is 0 Å². The third kappa shape index (κ3) is 3.15. The molecule has 2 heterocycles. The predicted octanol–water partition coefficient (Wildman–Crippen LogP) is 2.68. The summed E-state index contributed by atoms with van der Waals surface area (Å²) in [5.41, 5.74) is 2.90. The Kier molecular flexibility index (Phi) is 4.23. The number of aryl methyl sites for hydroxylation is 1. The van der Waals surface area contributed by atoms with Gasteiger partial charge in [0.25, 0.3) is 0 Å². The van der Waals surface area contributed by atoms with Gasteiger partial charge in [0.05, 0.1) is 6.61 Å². The number of hydrogen-bond acceptors (Lipinski definition) is 5. The number of ether oxygens (including phenoxy) is 1. The monoisotopic (exact) mass is 310 g/mol. The summed E-state index contributed by atoms with van der Waals surface area (Å²) in [6, 6.07) is 9.90. The van der Waals surface area contributed by atoms with Crippen molar-refractivity contribution in [2.75, 3.05) is 18.5 Å². The quantitative estimate of drug-likeness (QED) is 0.734. The van der Waals surface area contributed by atoms with E-state index in [2.05, 4.69) is 15.3 Å². The molecule has 0 atom stereocenters. The van der Waals surface area contributed by atoms with Crippen LogP contribution in [0.25, 0.3) is 17.0 Å². The molecule has 3 rings (SSSR count). The van der Waals surface area contributed by atoms with E-state index in [-0.39, 0.29) is 12.5 Å². The molecule has 0 fully saturated rings. The molecule has 0 saturated carbocycles. The molecule has 0 spiro atoms. The van der Waals surface area contributed by atoms with Gasteiger partial charge in [-0.1, -0.05) is 29.8 Å². The number of nitrogens with zero attached hydrogens (tertiary/aromatic N) is 3. The average Bonchev–Trinajstić information content (AvgIpc) is 2.92. The van der Waals surface area contributed by atoms with E-state index < -0.39 is 0 Å². The molecular formula is C17H18N4O2. The fraction of sp³-hybridized carbons (Fsp3) is 0.235. The smallest absolute Gasteiger partial charge is 0.325 e. The fourth-order valence-electron chi connectivity index (χ4n) is 2.34. The molecule has 23 heavy (non-hydrogen) atoms. The zero-order chi connectivity index (χ0) is 16.2. The minimum Gasteiger partial charge on any atom is -0.465 e. The summed E-state index contributed by atoms with van der Waals surface area (Å²) in [7, 11) is 0. The van der Waals surface area contributed by atoms with E-state index in [4.69, 9.17) is 4.74 Å². The second-order valence-corrected chi connectivity index (χ2v) is 5.12. The molecule has 0 unspecified atom stereocenters. The van der Waals surface area contributed by atoms with Crippen LogP contribution in [0.5, 0.6) is 0 Å². The van der Waals surface area contributed by atoms with Crippen molar-refractivity contribution in [2.45, 2.75) is 13.8 Å². The first kappa shape index (κ1) is 15.0. The number of carbonyl (C=O) groups excluding carboxylic acids is 1. The minimum absolute atomic E-state index is 0.0788. The van der Waals surface area contributed by atoms with Gasteiger partial charge in [0.1, 0.15) is 18.1 Å². The van der Waals surface area contributed by atoms with Crippen molar-refractivity contribution in [2.24, 2.45) is 0 Å². The molecule has 1 aromatic carbocycles. The Labute approximate surface area is 134 Å². The average molecular weight is 310 g/mol. The van der Waals surface area contributed by atoms with Crippen molar-refractivity contribution < 1.29 is 9.53 Å². The second-order valence-electron chi connectivity index (χ2n) is 5.12. The molecule has 0 aliphatic carbocycles. The first-order valence-electron chi connectivity index (χ1n) is 7.48. The molecule has 0 radical (unpaired) electrons. The number of benzene rings is 1. The highest BCUT2D eigenvalue weighted by molar-refractivity contribution is 5.80. The minimum atomic E-state index is -0.304. The molecule has 3 aromatic rings. The van der Waals surface area contributed by atoms with Gasteiger partial charge < -0.3 is 10.1 Å². The van der Waals surface area contributed by atoms with E-state index >= 15 is 0 Å². The normalized spacial score (nSPS) is 10.7. The fourth-order valence-corrected chi connectivity index (χ4v) is 2.34. The van der Waals surface area contributed by atoms with Gasteiger partial charge in [0, 0.05) is 18.0 Å². The van der Waals surface area contributed by atoms with Gasteiger partial charge >= 0.3 is 5.97 Å². The highest BCUT2D eigenvalue weighted by Crippen LogP contribution is 2.28. The predicted molar refractivity (Wildman–Crippen MR) is 88.3 cm³/mol. The lowest BCUT2D eigenvalue weighted by Crippen LogP contribution is -2.17. The number of esters is 1. The number of anilines is 1. The van der Waals surface area contributed by atoms with Crippen molar-refractivity contribution >= 4 is 17.6 Å². The van der Waals surface area contributed by atoms with Crippen LogP contribution in [0.1, 0.15) is 12.5 Å². The molecule has 6 nitrogen and oxygen atoms in total. The zero-order valence-electron chi connectivity index (χ0n) is 13.1. The van der Waals surface area contributed by atoms with Gasteiger partial charge in [-0.2, -0.15) is 0 Å². The Morgan fingerprint density at radius 2 is 2.09 bits per heavy atom. The van der Waals surface area contributed by atoms with Crippen LogP contribution in [-0.2, 0) is 9.53 Å². The van der Waals surface area contributed by atoms with Gasteiger partial charge in [0.2, 0.25) is 5.78 Å². The van der Waals surface area contributed by atoms with Crippen molar-refractivity contribution in [3.8, 4) is 11.3 Å². The number of fused-ring (bicyclic) bond motifs is 1. The summed E-state index contributed by atoms with van der Waals surface area (Å²) in [4.78, 5) is 20.5. The van der Waals surface area contributed by atoms with Gasteiger partial charge in [-0.15, -0.1) is 0 Å². The molecule has 0 bridgehead atoms. The Hall–Kier alpha value is -2.89. The van der Waals surface area contributed by atoms with Crippen LogP contribution in [0.15, 0.2) is 42.7 Å². The Morgan fingerprint density at radius 3 is 2.83 bits per heavy atom. The summed E-state index contributed by atoms with van der Waals surface area (Å²) in [5, 5.41) is 3.12. The highest BCUT2D eigenvalue weighted by atomic mass is 16.5. The van der Waals surface area contributed by atoms with E-state index in [1.54, 1.807) is 13.1 Å². The van der Waals surface area contributed by atoms with Gasteiger partial charge in [0.15, 0.2) is 0 Å². The SMILES string of the molecule is CCOC(=O)CNc1c(-c2ccc(C)cc2)nc2ncccn12. The lowest BCUT2D eigenvalue weighted by Gasteiger charge is -2.08. The Morgan fingerprint density at radius 1 is 1.30 bits per heavy atom. The van der Waals surface area contributed by atoms with Crippen LogP contribution < -0.4 is 5.32 Å². The highest BCUT2D eigenvalue weighted by Gasteiger charge is 2.15. The van der Waals surface area contributed by atoms with Crippen LogP contribution in [-0.4, -0.2) is 33.5 Å². The molecule has 0 aliphatic rings. The third-order valence-electron chi connectivity index (χ3n) is 3.43. The summed E-state index contributed by atoms with van der Waals surface area (Å²) in [5.74, 6) is 1.00. The van der Waals surface area contributed by atoms with Gasteiger partial charge in [-0.25, -0.2) is 9.97 Å². The maximum Gasteiger partial charge on any atom is 0.325 e. The van der Waals surface area contributed by atoms with Gasteiger partial charge in [-0.3, -0.25) is 9.20 Å². The standard InChI is InChI=1S/C17H18N4O2/c1-3-23-14(22)11-19-16-15(13-7-5-12(2)6-8-13)20-17-18-9-4-10-21(16)17/h4-10,19H,3,11H2,1-2H3. The van der Waals surface area contributed by atoms with Crippen LogP contribution in [0, 0.1) is 6.92 Å². The van der Waals surface area contributed by atoms with E-state index in [9.17, 15) is 4.79 Å². The van der Waals surface area contributed by atoms with E-state index in [1.165, 1.54) is 5.56 Å². The van der Waals surface area contributed by atoms with Crippen LogP contribution in [0.3, 0.4) is 0 Å². The summed E-state index contributed by atoms with van der Waals surface area (Å²) >= 11 is 0. The number of hydrogen-bond donors (Lipinski definition) is 1. The first-order chi connectivity index (χ1) is 11.2. The molecule has 118 valence electrons. The molecule has 6 heteroatoms. The van der Waals surface area contributed by atoms with Crippen molar-refractivity contribution in [1.82, 2.24) is 14.4 Å². The van der Waals surface area contributed by atoms with E-state index in [1.807, 2.05) is 47.9 Å². The number of nitrogens with one attached hydrogen (secondary N) is 1. The third-order valence-corrected chi connectivity index (χ3v) is 3.43. The molecule has 0 saturated heterocycles. The number of carbonyl (C=O) groups is 1. The second kappa shape index (κ2) is 6.48. The summed E-state index contributed by atoms with van der Waals surface area (Å²) < 4.78 is 6.79. The van der Waals surface area contributed by atoms with Gasteiger partial charge in [-0.05, 0) is 19.9 Å². The Bertz CT molecular complexity index is 824. The number of imidazole rings is 1. The van der Waals surface area contributed by atoms with Crippen LogP contribution in [0.4, 0.5) is 5.82 Å². The van der Waals surface area contributed by atoms with E-state index in [0.29, 0.717) is 12.4 Å². The van der Waals surface area contributed by atoms with Crippen molar-refractivity contribution in [1.29, 1.82) is 0 Å². The first-order valence-corrected chi connectivity index (χ1v) is 7.48. The van der Waals surface area contributed by atoms with Crippen molar-refractivity contribution in [3.05, 3.63) is 48.3 Å². The molecule has 1 N–H and O–H groups in total. The zero-order valence-corrected chi connectivity index (χ0v) is 13.1. The Balaban J connectivity index is 2.01. The molecule has 0 amide bonds. The topological polar surface area (TPSA) is 68.5 Å². The molecule has 2 aromatic heterocycles. The van der Waals surface area contributed by atoms with Crippen LogP contribution >= 0.6 is 0 Å². The molecule has 0 aliphatic heterocycles. The number of aromatic nitrogens is 3. The van der Waals surface area contributed by atoms with Crippen molar-refractivity contribution in [3.63, 3.8) is 0 Å².